The van der Waals surface area contributed by atoms with Gasteiger partial charge in [-0.3, -0.25) is 4.79 Å². The number of rotatable bonds is 16. The first-order chi connectivity index (χ1) is 18.0. The van der Waals surface area contributed by atoms with Crippen LogP contribution in [0.4, 0.5) is 23.5 Å². The van der Waals surface area contributed by atoms with Crippen LogP contribution in [0.3, 0.4) is 0 Å². The SMILES string of the molecule is CC(C)Nc1nc(NCc2ccccc2)nc(Nc2cccc(C(=O)NCCOCCOCCN)c2)n1. The molecule has 198 valence electrons. The monoisotopic (exact) mass is 508 g/mol. The number of nitrogens with two attached hydrogens (primary N) is 1. The molecule has 0 radical (unpaired) electrons. The average molecular weight is 509 g/mol. The Labute approximate surface area is 217 Å². The Morgan fingerprint density at radius 2 is 1.62 bits per heavy atom. The quantitative estimate of drug-likeness (QED) is 0.183. The van der Waals surface area contributed by atoms with Gasteiger partial charge in [0.15, 0.2) is 0 Å². The maximum Gasteiger partial charge on any atom is 0.251 e. The number of nitrogens with zero attached hydrogens (tertiary/aromatic N) is 3. The van der Waals surface area contributed by atoms with Crippen molar-refractivity contribution in [3.05, 3.63) is 65.7 Å². The lowest BCUT2D eigenvalue weighted by atomic mass is 10.2. The Morgan fingerprint density at radius 1 is 0.892 bits per heavy atom. The largest absolute Gasteiger partial charge is 0.378 e. The minimum atomic E-state index is -0.199. The fraction of sp³-hybridized carbons (Fsp3) is 0.385. The highest BCUT2D eigenvalue weighted by molar-refractivity contribution is 5.95. The van der Waals surface area contributed by atoms with E-state index < -0.39 is 0 Å². The number of anilines is 4. The Bertz CT molecular complexity index is 1100. The molecule has 2 aromatic carbocycles. The summed E-state index contributed by atoms with van der Waals surface area (Å²) in [7, 11) is 0. The Balaban J connectivity index is 1.59. The van der Waals surface area contributed by atoms with Crippen LogP contribution in [0, 0.1) is 0 Å². The molecule has 0 saturated heterocycles. The van der Waals surface area contributed by atoms with Crippen molar-refractivity contribution in [3.8, 4) is 0 Å². The van der Waals surface area contributed by atoms with Gasteiger partial charge in [-0.1, -0.05) is 36.4 Å². The molecule has 1 aromatic heterocycles. The van der Waals surface area contributed by atoms with E-state index in [1.54, 1.807) is 18.2 Å². The van der Waals surface area contributed by atoms with E-state index in [1.165, 1.54) is 0 Å². The van der Waals surface area contributed by atoms with Crippen molar-refractivity contribution < 1.29 is 14.3 Å². The second-order valence-electron chi connectivity index (χ2n) is 8.42. The van der Waals surface area contributed by atoms with E-state index >= 15 is 0 Å². The zero-order valence-corrected chi connectivity index (χ0v) is 21.4. The minimum absolute atomic E-state index is 0.145. The second-order valence-corrected chi connectivity index (χ2v) is 8.42. The van der Waals surface area contributed by atoms with Crippen LogP contribution < -0.4 is 27.0 Å². The molecule has 0 bridgehead atoms. The standard InChI is InChI=1S/C26H36N8O3/c1-19(2)30-25-32-24(29-18-20-7-4-3-5-8-20)33-26(34-25)31-22-10-6-9-21(17-22)23(35)28-12-14-37-16-15-36-13-11-27/h3-10,17,19H,11-16,18,27H2,1-2H3,(H,28,35)(H3,29,30,31,32,33,34). The number of hydrogen-bond donors (Lipinski definition) is 5. The molecule has 0 atom stereocenters. The van der Waals surface area contributed by atoms with Crippen molar-refractivity contribution in [2.45, 2.75) is 26.4 Å². The number of benzene rings is 2. The highest BCUT2D eigenvalue weighted by Crippen LogP contribution is 2.18. The molecule has 0 spiro atoms. The summed E-state index contributed by atoms with van der Waals surface area (Å²) in [6.45, 7) is 7.31. The summed E-state index contributed by atoms with van der Waals surface area (Å²) >= 11 is 0. The first kappa shape index (κ1) is 27.8. The fourth-order valence-electron chi connectivity index (χ4n) is 3.22. The number of amides is 1. The van der Waals surface area contributed by atoms with Gasteiger partial charge in [-0.2, -0.15) is 15.0 Å². The summed E-state index contributed by atoms with van der Waals surface area (Å²) in [4.78, 5) is 26.0. The molecule has 3 rings (SSSR count). The first-order valence-electron chi connectivity index (χ1n) is 12.3. The summed E-state index contributed by atoms with van der Waals surface area (Å²) in [5.41, 5.74) is 7.66. The van der Waals surface area contributed by atoms with Crippen molar-refractivity contribution in [1.82, 2.24) is 20.3 Å². The third-order valence-corrected chi connectivity index (χ3v) is 4.89. The van der Waals surface area contributed by atoms with E-state index in [-0.39, 0.29) is 11.9 Å². The third-order valence-electron chi connectivity index (χ3n) is 4.89. The Kier molecular flexibility index (Phi) is 11.5. The number of nitrogens with one attached hydrogen (secondary N) is 4. The van der Waals surface area contributed by atoms with Gasteiger partial charge in [-0.05, 0) is 37.6 Å². The van der Waals surface area contributed by atoms with Crippen LogP contribution in [0.25, 0.3) is 0 Å². The van der Waals surface area contributed by atoms with Gasteiger partial charge in [0.1, 0.15) is 0 Å². The van der Waals surface area contributed by atoms with Crippen molar-refractivity contribution >= 4 is 29.4 Å². The number of carbonyl (C=O) groups excluding carboxylic acids is 1. The van der Waals surface area contributed by atoms with E-state index in [2.05, 4.69) is 36.2 Å². The number of ether oxygens (including phenoxy) is 2. The topological polar surface area (TPSA) is 148 Å². The molecule has 37 heavy (non-hydrogen) atoms. The van der Waals surface area contributed by atoms with Crippen LogP contribution in [0.2, 0.25) is 0 Å². The molecule has 0 fully saturated rings. The number of carbonyl (C=O) groups is 1. The third kappa shape index (κ3) is 10.4. The molecule has 0 saturated carbocycles. The fourth-order valence-corrected chi connectivity index (χ4v) is 3.22. The van der Waals surface area contributed by atoms with Gasteiger partial charge in [0, 0.05) is 36.9 Å². The molecular formula is C26H36N8O3. The van der Waals surface area contributed by atoms with Crippen LogP contribution in [-0.4, -0.2) is 66.4 Å². The number of hydrogen-bond acceptors (Lipinski definition) is 10. The van der Waals surface area contributed by atoms with Crippen molar-refractivity contribution in [1.29, 1.82) is 0 Å². The second kappa shape index (κ2) is 15.3. The predicted octanol–water partition coefficient (Wildman–Crippen LogP) is 2.77. The van der Waals surface area contributed by atoms with Crippen molar-refractivity contribution in [2.75, 3.05) is 55.5 Å². The summed E-state index contributed by atoms with van der Waals surface area (Å²) < 4.78 is 10.7. The first-order valence-corrected chi connectivity index (χ1v) is 12.3. The Hall–Kier alpha value is -3.80. The number of aromatic nitrogens is 3. The molecular weight excluding hydrogens is 472 g/mol. The lowest BCUT2D eigenvalue weighted by Gasteiger charge is -2.13. The summed E-state index contributed by atoms with van der Waals surface area (Å²) in [6, 6.07) is 17.3. The molecule has 11 heteroatoms. The van der Waals surface area contributed by atoms with E-state index in [1.807, 2.05) is 50.2 Å². The van der Waals surface area contributed by atoms with E-state index in [4.69, 9.17) is 15.2 Å². The van der Waals surface area contributed by atoms with Gasteiger partial charge in [-0.25, -0.2) is 0 Å². The van der Waals surface area contributed by atoms with Crippen molar-refractivity contribution in [3.63, 3.8) is 0 Å². The predicted molar refractivity (Wildman–Crippen MR) is 145 cm³/mol. The van der Waals surface area contributed by atoms with E-state index in [0.717, 1.165) is 5.56 Å². The maximum atomic E-state index is 12.6. The lowest BCUT2D eigenvalue weighted by molar-refractivity contribution is 0.0511. The highest BCUT2D eigenvalue weighted by atomic mass is 16.5. The van der Waals surface area contributed by atoms with Crippen molar-refractivity contribution in [2.24, 2.45) is 5.73 Å². The smallest absolute Gasteiger partial charge is 0.251 e. The van der Waals surface area contributed by atoms with E-state index in [0.29, 0.717) is 75.2 Å². The van der Waals surface area contributed by atoms with Crippen LogP contribution in [0.15, 0.2) is 54.6 Å². The molecule has 0 aliphatic heterocycles. The van der Waals surface area contributed by atoms with Gasteiger partial charge in [0.2, 0.25) is 17.8 Å². The van der Waals surface area contributed by atoms with Gasteiger partial charge < -0.3 is 36.5 Å². The summed E-state index contributed by atoms with van der Waals surface area (Å²) in [6.07, 6.45) is 0. The minimum Gasteiger partial charge on any atom is -0.378 e. The molecule has 11 nitrogen and oxygen atoms in total. The zero-order valence-electron chi connectivity index (χ0n) is 21.4. The molecule has 0 unspecified atom stereocenters. The van der Waals surface area contributed by atoms with Crippen LogP contribution >= 0.6 is 0 Å². The summed E-state index contributed by atoms with van der Waals surface area (Å²) in [5, 5.41) is 12.5. The van der Waals surface area contributed by atoms with Gasteiger partial charge in [0.05, 0.1) is 26.4 Å². The van der Waals surface area contributed by atoms with Crippen LogP contribution in [-0.2, 0) is 16.0 Å². The molecule has 6 N–H and O–H groups in total. The highest BCUT2D eigenvalue weighted by Gasteiger charge is 2.10. The molecule has 0 aliphatic carbocycles. The maximum absolute atomic E-state index is 12.6. The lowest BCUT2D eigenvalue weighted by Crippen LogP contribution is -2.27. The zero-order chi connectivity index (χ0) is 26.3. The molecule has 3 aromatic rings. The Morgan fingerprint density at radius 3 is 2.38 bits per heavy atom. The van der Waals surface area contributed by atoms with Gasteiger partial charge in [0.25, 0.3) is 5.91 Å². The normalized spacial score (nSPS) is 10.8. The molecule has 1 amide bonds. The van der Waals surface area contributed by atoms with Gasteiger partial charge >= 0.3 is 0 Å². The van der Waals surface area contributed by atoms with Crippen LogP contribution in [0.5, 0.6) is 0 Å². The molecule has 1 heterocycles. The summed E-state index contributed by atoms with van der Waals surface area (Å²) in [5.74, 6) is 1.04. The van der Waals surface area contributed by atoms with E-state index in [9.17, 15) is 4.79 Å². The molecule has 0 aliphatic rings. The van der Waals surface area contributed by atoms with Crippen LogP contribution in [0.1, 0.15) is 29.8 Å². The van der Waals surface area contributed by atoms with Gasteiger partial charge in [-0.15, -0.1) is 0 Å². The average Bonchev–Trinajstić information content (AvgIpc) is 2.89.